The lowest BCUT2D eigenvalue weighted by Gasteiger charge is -2.07. The lowest BCUT2D eigenvalue weighted by molar-refractivity contribution is 0.768. The Bertz CT molecular complexity index is 1020. The number of hydrogen-bond acceptors (Lipinski definition) is 4. The van der Waals surface area contributed by atoms with Gasteiger partial charge < -0.3 is 5.73 Å². The second-order valence-corrected chi connectivity index (χ2v) is 5.70. The number of nitrogens with zero attached hydrogens (tertiary/aromatic N) is 4. The van der Waals surface area contributed by atoms with Gasteiger partial charge in [0.25, 0.3) is 0 Å². The van der Waals surface area contributed by atoms with Crippen molar-refractivity contribution in [3.05, 3.63) is 47.9 Å². The van der Waals surface area contributed by atoms with E-state index < -0.39 is 0 Å². The van der Waals surface area contributed by atoms with E-state index in [1.165, 1.54) is 0 Å². The fourth-order valence-corrected chi connectivity index (χ4v) is 2.89. The third kappa shape index (κ3) is 2.24. The number of halogens is 1. The highest BCUT2D eigenvalue weighted by atomic mass is 35.5. The Morgan fingerprint density at radius 1 is 1.26 bits per heavy atom. The molecular weight excluding hydrogens is 312 g/mol. The van der Waals surface area contributed by atoms with Crippen LogP contribution >= 0.6 is 11.6 Å². The standard InChI is InChI=1S/C16H13ClN6/c1-23-8-10(7-20-23)11-5-9(14-13(17)3-2-4-19-14)6-12-15(11)21-22-16(12)18/h2-8H,1H3,(H3,18,21,22). The number of aromatic nitrogens is 5. The molecule has 0 aliphatic rings. The van der Waals surface area contributed by atoms with Crippen LogP contribution in [0.15, 0.2) is 42.9 Å². The highest BCUT2D eigenvalue weighted by molar-refractivity contribution is 6.33. The Balaban J connectivity index is 2.04. The SMILES string of the molecule is Cn1cc(-c2cc(-c3ncccc3Cl)cc3c(N)n[nH]c23)cn1. The van der Waals surface area contributed by atoms with Gasteiger partial charge in [-0.2, -0.15) is 10.2 Å². The Labute approximate surface area is 136 Å². The predicted octanol–water partition coefficient (Wildman–Crippen LogP) is 3.26. The van der Waals surface area contributed by atoms with Crippen molar-refractivity contribution in [3.8, 4) is 22.4 Å². The minimum Gasteiger partial charge on any atom is -0.382 e. The summed E-state index contributed by atoms with van der Waals surface area (Å²) in [5.41, 5.74) is 10.4. The Hall–Kier alpha value is -2.86. The number of aromatic amines is 1. The molecule has 23 heavy (non-hydrogen) atoms. The second kappa shape index (κ2) is 5.10. The van der Waals surface area contributed by atoms with E-state index in [0.717, 1.165) is 27.6 Å². The van der Waals surface area contributed by atoms with Gasteiger partial charge in [0.15, 0.2) is 5.82 Å². The average Bonchev–Trinajstić information content (AvgIpc) is 3.14. The quantitative estimate of drug-likeness (QED) is 0.592. The number of H-pyrrole nitrogens is 1. The summed E-state index contributed by atoms with van der Waals surface area (Å²) in [6.45, 7) is 0. The summed E-state index contributed by atoms with van der Waals surface area (Å²) in [5.74, 6) is 0.444. The molecule has 1 aromatic carbocycles. The van der Waals surface area contributed by atoms with Gasteiger partial charge in [0, 0.05) is 41.5 Å². The molecule has 3 aromatic heterocycles. The van der Waals surface area contributed by atoms with Gasteiger partial charge >= 0.3 is 0 Å². The normalized spacial score (nSPS) is 11.2. The fraction of sp³-hybridized carbons (Fsp3) is 0.0625. The average molecular weight is 325 g/mol. The van der Waals surface area contributed by atoms with Gasteiger partial charge in [-0.25, -0.2) is 0 Å². The number of aryl methyl sites for hydroxylation is 1. The maximum absolute atomic E-state index is 6.29. The van der Waals surface area contributed by atoms with Crippen LogP contribution in [0.5, 0.6) is 0 Å². The van der Waals surface area contributed by atoms with E-state index in [0.29, 0.717) is 16.5 Å². The van der Waals surface area contributed by atoms with Crippen LogP contribution in [0.25, 0.3) is 33.3 Å². The number of pyridine rings is 1. The van der Waals surface area contributed by atoms with Crippen molar-refractivity contribution in [2.45, 2.75) is 0 Å². The molecule has 0 unspecified atom stereocenters. The van der Waals surface area contributed by atoms with Crippen LogP contribution in [0.4, 0.5) is 5.82 Å². The summed E-state index contributed by atoms with van der Waals surface area (Å²) >= 11 is 6.29. The van der Waals surface area contributed by atoms with Crippen LogP contribution in [0.1, 0.15) is 0 Å². The summed E-state index contributed by atoms with van der Waals surface area (Å²) in [6.07, 6.45) is 5.46. The predicted molar refractivity (Wildman–Crippen MR) is 90.9 cm³/mol. The van der Waals surface area contributed by atoms with Crippen molar-refractivity contribution in [3.63, 3.8) is 0 Å². The summed E-state index contributed by atoms with van der Waals surface area (Å²) < 4.78 is 1.75. The largest absolute Gasteiger partial charge is 0.382 e. The van der Waals surface area contributed by atoms with E-state index in [4.69, 9.17) is 17.3 Å². The summed E-state index contributed by atoms with van der Waals surface area (Å²) in [6, 6.07) is 7.59. The Morgan fingerprint density at radius 2 is 2.13 bits per heavy atom. The van der Waals surface area contributed by atoms with Crippen LogP contribution in [0.3, 0.4) is 0 Å². The fourth-order valence-electron chi connectivity index (χ4n) is 2.66. The van der Waals surface area contributed by atoms with Crippen molar-refractivity contribution in [1.29, 1.82) is 0 Å². The molecule has 4 aromatic rings. The Morgan fingerprint density at radius 3 is 2.87 bits per heavy atom. The van der Waals surface area contributed by atoms with E-state index in [1.54, 1.807) is 23.1 Å². The molecule has 0 saturated heterocycles. The van der Waals surface area contributed by atoms with Gasteiger partial charge in [-0.3, -0.25) is 14.8 Å². The molecule has 0 atom stereocenters. The van der Waals surface area contributed by atoms with Crippen LogP contribution in [-0.4, -0.2) is 25.0 Å². The number of fused-ring (bicyclic) bond motifs is 1. The number of nitrogen functional groups attached to an aromatic ring is 1. The Kier molecular flexibility index (Phi) is 3.06. The molecule has 0 bridgehead atoms. The van der Waals surface area contributed by atoms with Crippen molar-refractivity contribution in [1.82, 2.24) is 25.0 Å². The molecule has 3 heterocycles. The van der Waals surface area contributed by atoms with Gasteiger partial charge in [0.1, 0.15) is 0 Å². The number of nitrogens with one attached hydrogen (secondary N) is 1. The van der Waals surface area contributed by atoms with Crippen LogP contribution in [-0.2, 0) is 7.05 Å². The van der Waals surface area contributed by atoms with Gasteiger partial charge in [-0.15, -0.1) is 0 Å². The van der Waals surface area contributed by atoms with Gasteiger partial charge in [0.05, 0.1) is 22.4 Å². The van der Waals surface area contributed by atoms with E-state index >= 15 is 0 Å². The maximum atomic E-state index is 6.29. The molecule has 0 saturated carbocycles. The van der Waals surface area contributed by atoms with Crippen molar-refractivity contribution in [2.75, 3.05) is 5.73 Å². The summed E-state index contributed by atoms with van der Waals surface area (Å²) in [5, 5.41) is 12.8. The van der Waals surface area contributed by atoms with Crippen molar-refractivity contribution >= 4 is 28.3 Å². The third-order valence-electron chi connectivity index (χ3n) is 3.75. The van der Waals surface area contributed by atoms with E-state index in [9.17, 15) is 0 Å². The van der Waals surface area contributed by atoms with Gasteiger partial charge in [0.2, 0.25) is 0 Å². The zero-order valence-electron chi connectivity index (χ0n) is 12.3. The summed E-state index contributed by atoms with van der Waals surface area (Å²) in [4.78, 5) is 4.39. The first-order valence-electron chi connectivity index (χ1n) is 7.01. The second-order valence-electron chi connectivity index (χ2n) is 5.29. The molecule has 114 valence electrons. The van der Waals surface area contributed by atoms with E-state index in [1.807, 2.05) is 31.4 Å². The molecule has 6 nitrogen and oxygen atoms in total. The first kappa shape index (κ1) is 13.8. The molecule has 3 N–H and O–H groups in total. The molecule has 0 amide bonds. The molecule has 7 heteroatoms. The lowest BCUT2D eigenvalue weighted by Crippen LogP contribution is -1.89. The number of hydrogen-bond donors (Lipinski definition) is 2. The van der Waals surface area contributed by atoms with Crippen LogP contribution < -0.4 is 5.73 Å². The molecule has 4 rings (SSSR count). The minimum atomic E-state index is 0.444. The molecular formula is C16H13ClN6. The molecule has 0 spiro atoms. The number of anilines is 1. The first-order valence-corrected chi connectivity index (χ1v) is 7.39. The monoisotopic (exact) mass is 324 g/mol. The molecule has 0 radical (unpaired) electrons. The molecule has 0 aliphatic carbocycles. The van der Waals surface area contributed by atoms with Gasteiger partial charge in [-0.1, -0.05) is 11.6 Å². The van der Waals surface area contributed by atoms with Gasteiger partial charge in [-0.05, 0) is 24.3 Å². The topological polar surface area (TPSA) is 85.4 Å². The lowest BCUT2D eigenvalue weighted by atomic mass is 10.00. The molecule has 0 aliphatic heterocycles. The van der Waals surface area contributed by atoms with Crippen LogP contribution in [0.2, 0.25) is 5.02 Å². The van der Waals surface area contributed by atoms with Crippen molar-refractivity contribution in [2.24, 2.45) is 7.05 Å². The van der Waals surface area contributed by atoms with Crippen LogP contribution in [0, 0.1) is 0 Å². The zero-order chi connectivity index (χ0) is 16.0. The van der Waals surface area contributed by atoms with Crippen molar-refractivity contribution < 1.29 is 0 Å². The maximum Gasteiger partial charge on any atom is 0.153 e. The first-order chi connectivity index (χ1) is 11.1. The minimum absolute atomic E-state index is 0.444. The van der Waals surface area contributed by atoms with E-state index in [2.05, 4.69) is 20.3 Å². The third-order valence-corrected chi connectivity index (χ3v) is 4.06. The zero-order valence-corrected chi connectivity index (χ0v) is 13.0. The number of nitrogens with two attached hydrogens (primary N) is 1. The van der Waals surface area contributed by atoms with E-state index in [-0.39, 0.29) is 0 Å². The number of rotatable bonds is 2. The summed E-state index contributed by atoms with van der Waals surface area (Å²) in [7, 11) is 1.88. The smallest absolute Gasteiger partial charge is 0.153 e. The highest BCUT2D eigenvalue weighted by Gasteiger charge is 2.15. The number of benzene rings is 1. The highest BCUT2D eigenvalue weighted by Crippen LogP contribution is 2.36. The molecule has 0 fully saturated rings.